The number of anilines is 1. The van der Waals surface area contributed by atoms with Crippen molar-refractivity contribution in [1.82, 2.24) is 14.7 Å². The summed E-state index contributed by atoms with van der Waals surface area (Å²) in [6.07, 6.45) is -1.26. The molecule has 8 nitrogen and oxygen atoms in total. The molecule has 0 saturated heterocycles. The lowest BCUT2D eigenvalue weighted by Crippen LogP contribution is -2.43. The highest BCUT2D eigenvalue weighted by molar-refractivity contribution is 5.91. The number of benzene rings is 1. The van der Waals surface area contributed by atoms with E-state index in [-0.39, 0.29) is 12.2 Å². The van der Waals surface area contributed by atoms with Gasteiger partial charge in [-0.05, 0) is 25.1 Å². The van der Waals surface area contributed by atoms with Crippen LogP contribution in [0.1, 0.15) is 6.92 Å². The zero-order chi connectivity index (χ0) is 21.7. The van der Waals surface area contributed by atoms with Crippen LogP contribution in [0, 0.1) is 0 Å². The Hall–Kier alpha value is -3.76. The van der Waals surface area contributed by atoms with Gasteiger partial charge < -0.3 is 14.9 Å². The molecule has 0 unspecified atom stereocenters. The van der Waals surface area contributed by atoms with Crippen molar-refractivity contribution in [3.05, 3.63) is 48.8 Å². The predicted octanol–water partition coefficient (Wildman–Crippen LogP) is 3.57. The van der Waals surface area contributed by atoms with Crippen molar-refractivity contribution < 1.29 is 32.3 Å². The van der Waals surface area contributed by atoms with Crippen LogP contribution in [0.2, 0.25) is 0 Å². The molecule has 0 fully saturated rings. The van der Waals surface area contributed by atoms with Crippen molar-refractivity contribution in [2.75, 3.05) is 18.2 Å². The van der Waals surface area contributed by atoms with Gasteiger partial charge in [0, 0.05) is 17.8 Å². The van der Waals surface area contributed by atoms with Gasteiger partial charge in [0.25, 0.3) is 0 Å². The maximum Gasteiger partial charge on any atom is 0.405 e. The quantitative estimate of drug-likeness (QED) is 0.465. The average molecular weight is 422 g/mol. The van der Waals surface area contributed by atoms with Crippen LogP contribution < -0.4 is 15.1 Å². The van der Waals surface area contributed by atoms with Crippen LogP contribution in [-0.2, 0) is 9.63 Å². The second kappa shape index (κ2) is 8.72. The number of rotatable bonds is 7. The van der Waals surface area contributed by atoms with Crippen LogP contribution in [0.15, 0.2) is 48.8 Å². The number of carbonyl (C=O) groups excluding carboxylic acids is 2. The Kier molecular flexibility index (Phi) is 6.09. The number of nitrogens with zero attached hydrogens (tertiary/aromatic N) is 3. The zero-order valence-corrected chi connectivity index (χ0v) is 15.7. The summed E-state index contributed by atoms with van der Waals surface area (Å²) < 4.78 is 44.4. The molecule has 0 radical (unpaired) electrons. The third kappa shape index (κ3) is 4.80. The summed E-state index contributed by atoms with van der Waals surface area (Å²) in [6.45, 7) is 0.752. The van der Waals surface area contributed by atoms with Gasteiger partial charge in [0.05, 0.1) is 24.2 Å². The molecule has 0 aliphatic heterocycles. The SMILES string of the molecule is CCOc1ccn2c(-c3cccc(N(OC=O)C(=O)NCC(F)(F)F)c3)cnc2c1. The highest BCUT2D eigenvalue weighted by Crippen LogP contribution is 2.27. The van der Waals surface area contributed by atoms with Gasteiger partial charge in [-0.25, -0.2) is 9.78 Å². The molecule has 30 heavy (non-hydrogen) atoms. The third-order valence-electron chi connectivity index (χ3n) is 3.95. The highest BCUT2D eigenvalue weighted by atomic mass is 19.4. The Labute approximate surface area is 168 Å². The predicted molar refractivity (Wildman–Crippen MR) is 101 cm³/mol. The van der Waals surface area contributed by atoms with E-state index in [0.717, 1.165) is 0 Å². The topological polar surface area (TPSA) is 85.2 Å². The van der Waals surface area contributed by atoms with E-state index in [1.165, 1.54) is 12.1 Å². The van der Waals surface area contributed by atoms with E-state index in [2.05, 4.69) is 9.82 Å². The number of hydrogen-bond acceptors (Lipinski definition) is 5. The first-order chi connectivity index (χ1) is 14.3. The number of ether oxygens (including phenoxy) is 1. The number of nitrogens with one attached hydrogen (secondary N) is 1. The molecule has 2 aromatic heterocycles. The van der Waals surface area contributed by atoms with E-state index in [1.54, 1.807) is 46.4 Å². The van der Waals surface area contributed by atoms with Gasteiger partial charge in [-0.2, -0.15) is 13.2 Å². The number of imidazole rings is 1. The first kappa shape index (κ1) is 21.0. The molecule has 1 aromatic carbocycles. The zero-order valence-electron chi connectivity index (χ0n) is 15.7. The average Bonchev–Trinajstić information content (AvgIpc) is 3.13. The van der Waals surface area contributed by atoms with Crippen LogP contribution in [-0.4, -0.2) is 41.2 Å². The lowest BCUT2D eigenvalue weighted by molar-refractivity contribution is -0.129. The minimum atomic E-state index is -4.61. The summed E-state index contributed by atoms with van der Waals surface area (Å²) in [5.74, 6) is 0.655. The number of hydrogen-bond donors (Lipinski definition) is 1. The number of hydroxylamine groups is 1. The number of halogens is 3. The molecule has 158 valence electrons. The van der Waals surface area contributed by atoms with Crippen molar-refractivity contribution in [3.63, 3.8) is 0 Å². The monoisotopic (exact) mass is 422 g/mol. The molecule has 1 N–H and O–H groups in total. The van der Waals surface area contributed by atoms with Crippen molar-refractivity contribution in [2.24, 2.45) is 0 Å². The van der Waals surface area contributed by atoms with Crippen molar-refractivity contribution in [2.45, 2.75) is 13.1 Å². The van der Waals surface area contributed by atoms with Crippen LogP contribution in [0.5, 0.6) is 5.75 Å². The smallest absolute Gasteiger partial charge is 0.405 e. The summed E-state index contributed by atoms with van der Waals surface area (Å²) in [6, 6.07) is 8.46. The highest BCUT2D eigenvalue weighted by Gasteiger charge is 2.30. The van der Waals surface area contributed by atoms with Gasteiger partial charge in [-0.1, -0.05) is 12.1 Å². The minimum absolute atomic E-state index is 0.0523. The maximum atomic E-state index is 12.4. The molecule has 3 rings (SSSR count). The molecule has 0 aliphatic rings. The van der Waals surface area contributed by atoms with Crippen LogP contribution in [0.25, 0.3) is 16.9 Å². The van der Waals surface area contributed by atoms with E-state index in [9.17, 15) is 22.8 Å². The van der Waals surface area contributed by atoms with Gasteiger partial charge in [0.1, 0.15) is 17.9 Å². The number of pyridine rings is 1. The number of alkyl halides is 3. The molecule has 11 heteroatoms. The van der Waals surface area contributed by atoms with Gasteiger partial charge in [0.2, 0.25) is 0 Å². The molecule has 3 aromatic rings. The van der Waals surface area contributed by atoms with Gasteiger partial charge in [-0.15, -0.1) is 5.06 Å². The lowest BCUT2D eigenvalue weighted by Gasteiger charge is -2.20. The number of fused-ring (bicyclic) bond motifs is 1. The normalized spacial score (nSPS) is 11.2. The fourth-order valence-electron chi connectivity index (χ4n) is 2.74. The van der Waals surface area contributed by atoms with Crippen molar-refractivity contribution in [3.8, 4) is 17.0 Å². The van der Waals surface area contributed by atoms with Crippen molar-refractivity contribution in [1.29, 1.82) is 0 Å². The summed E-state index contributed by atoms with van der Waals surface area (Å²) in [5.41, 5.74) is 1.91. The summed E-state index contributed by atoms with van der Waals surface area (Å²) in [5, 5.41) is 2.10. The minimum Gasteiger partial charge on any atom is -0.494 e. The number of urea groups is 1. The first-order valence-electron chi connectivity index (χ1n) is 8.78. The number of aromatic nitrogens is 2. The van der Waals surface area contributed by atoms with Crippen LogP contribution >= 0.6 is 0 Å². The molecular formula is C19H17F3N4O4. The number of amides is 2. The maximum absolute atomic E-state index is 12.4. The number of carbonyl (C=O) groups is 2. The van der Waals surface area contributed by atoms with E-state index >= 15 is 0 Å². The molecule has 0 saturated carbocycles. The van der Waals surface area contributed by atoms with Crippen molar-refractivity contribution >= 4 is 23.8 Å². The standard InChI is InChI=1S/C19H17F3N4O4/c1-2-29-15-6-7-25-16(10-23-17(25)9-15)13-4-3-5-14(8-13)26(30-12-27)18(28)24-11-19(20,21)22/h3-10,12H,2,11H2,1H3,(H,24,28). The molecule has 2 heterocycles. The Morgan fingerprint density at radius 2 is 2.10 bits per heavy atom. The Morgan fingerprint density at radius 3 is 2.80 bits per heavy atom. The largest absolute Gasteiger partial charge is 0.494 e. The van der Waals surface area contributed by atoms with Crippen LogP contribution in [0.4, 0.5) is 23.7 Å². The molecule has 0 spiro atoms. The third-order valence-corrected chi connectivity index (χ3v) is 3.95. The van der Waals surface area contributed by atoms with E-state index < -0.39 is 18.8 Å². The first-order valence-corrected chi connectivity index (χ1v) is 8.78. The Bertz CT molecular complexity index is 1050. The summed E-state index contributed by atoms with van der Waals surface area (Å²) in [4.78, 5) is 31.8. The van der Waals surface area contributed by atoms with E-state index in [4.69, 9.17) is 4.74 Å². The van der Waals surface area contributed by atoms with E-state index in [0.29, 0.717) is 34.3 Å². The van der Waals surface area contributed by atoms with Gasteiger partial charge in [0.15, 0.2) is 0 Å². The summed E-state index contributed by atoms with van der Waals surface area (Å²) >= 11 is 0. The van der Waals surface area contributed by atoms with E-state index in [1.807, 2.05) is 6.92 Å². The van der Waals surface area contributed by atoms with Crippen LogP contribution in [0.3, 0.4) is 0 Å². The molecule has 0 aliphatic carbocycles. The lowest BCUT2D eigenvalue weighted by atomic mass is 10.1. The second-order valence-corrected chi connectivity index (χ2v) is 5.99. The molecule has 2 amide bonds. The second-order valence-electron chi connectivity index (χ2n) is 5.99. The van der Waals surface area contributed by atoms with Gasteiger partial charge in [-0.3, -0.25) is 9.20 Å². The molecule has 0 bridgehead atoms. The Morgan fingerprint density at radius 1 is 1.30 bits per heavy atom. The fourth-order valence-corrected chi connectivity index (χ4v) is 2.74. The molecular weight excluding hydrogens is 405 g/mol. The Balaban J connectivity index is 1.91. The molecule has 0 atom stereocenters. The fraction of sp³-hybridized carbons (Fsp3) is 0.211. The van der Waals surface area contributed by atoms with Gasteiger partial charge >= 0.3 is 18.7 Å². The summed E-state index contributed by atoms with van der Waals surface area (Å²) in [7, 11) is 0.